The number of halogens is 2. The van der Waals surface area contributed by atoms with Crippen molar-refractivity contribution in [2.45, 2.75) is 44.1 Å². The molecule has 4 nitrogen and oxygen atoms in total. The van der Waals surface area contributed by atoms with Crippen LogP contribution in [0.4, 0.5) is 8.78 Å². The summed E-state index contributed by atoms with van der Waals surface area (Å²) in [5, 5.41) is 3.29. The first-order valence-corrected chi connectivity index (χ1v) is 9.33. The number of amides is 1. The zero-order valence-corrected chi connectivity index (χ0v) is 14.4. The van der Waals surface area contributed by atoms with Gasteiger partial charge in [-0.25, -0.2) is 0 Å². The summed E-state index contributed by atoms with van der Waals surface area (Å²) in [6, 6.07) is 4.05. The molecular weight excluding hydrogens is 336 g/mol. The third-order valence-corrected chi connectivity index (χ3v) is 6.47. The molecule has 0 radical (unpaired) electrons. The van der Waals surface area contributed by atoms with E-state index in [4.69, 9.17) is 0 Å². The molecule has 6 rings (SSSR count). The molecule has 136 valence electrons. The Labute approximate surface area is 150 Å². The zero-order valence-electron chi connectivity index (χ0n) is 14.4. The second-order valence-electron chi connectivity index (χ2n) is 8.43. The monoisotopic (exact) mass is 357 g/mol. The van der Waals surface area contributed by atoms with Crippen molar-refractivity contribution >= 4 is 5.91 Å². The molecule has 0 atom stereocenters. The maximum atomic E-state index is 13.9. The van der Waals surface area contributed by atoms with Crippen LogP contribution >= 0.6 is 0 Å². The maximum absolute atomic E-state index is 13.9. The molecule has 2 aromatic rings. The van der Waals surface area contributed by atoms with Crippen molar-refractivity contribution in [2.75, 3.05) is 0 Å². The van der Waals surface area contributed by atoms with Crippen molar-refractivity contribution < 1.29 is 13.6 Å². The molecule has 4 aliphatic rings. The van der Waals surface area contributed by atoms with Crippen LogP contribution in [0.3, 0.4) is 0 Å². The molecule has 0 unspecified atom stereocenters. The van der Waals surface area contributed by atoms with Crippen molar-refractivity contribution in [2.24, 2.45) is 17.8 Å². The van der Waals surface area contributed by atoms with E-state index in [0.717, 1.165) is 43.1 Å². The normalized spacial score (nSPS) is 32.0. The van der Waals surface area contributed by atoms with Gasteiger partial charge >= 0.3 is 0 Å². The molecule has 26 heavy (non-hydrogen) atoms. The minimum absolute atomic E-state index is 0.0697. The largest absolute Gasteiger partial charge is 0.357 e. The highest BCUT2D eigenvalue weighted by atomic mass is 19.1. The van der Waals surface area contributed by atoms with Crippen molar-refractivity contribution in [1.29, 1.82) is 0 Å². The van der Waals surface area contributed by atoms with Gasteiger partial charge < -0.3 is 10.3 Å². The van der Waals surface area contributed by atoms with Crippen LogP contribution in [0.5, 0.6) is 0 Å². The molecule has 0 spiro atoms. The van der Waals surface area contributed by atoms with Gasteiger partial charge in [-0.3, -0.25) is 4.79 Å². The molecule has 1 amide bonds. The van der Waals surface area contributed by atoms with E-state index in [1.54, 1.807) is 12.3 Å². The summed E-state index contributed by atoms with van der Waals surface area (Å²) in [6.45, 7) is 0. The van der Waals surface area contributed by atoms with E-state index in [-0.39, 0.29) is 17.0 Å². The number of H-pyrrole nitrogens is 1. The van der Waals surface area contributed by atoms with Crippen LogP contribution in [0.15, 0.2) is 24.4 Å². The number of aromatic amines is 1. The minimum atomic E-state index is -0.878. The van der Waals surface area contributed by atoms with Gasteiger partial charge in [0.2, 0.25) is 11.9 Å². The SMILES string of the molecule is O=C(NC12CC3CC(CC(C3)C1)C2)c1cc(-c2ccc(F)nc2F)c[nH]1. The van der Waals surface area contributed by atoms with E-state index in [1.807, 2.05) is 0 Å². The molecule has 0 aromatic carbocycles. The van der Waals surface area contributed by atoms with Gasteiger partial charge in [0, 0.05) is 22.9 Å². The summed E-state index contributed by atoms with van der Waals surface area (Å²) in [5.74, 6) is 0.368. The van der Waals surface area contributed by atoms with Crippen LogP contribution in [0.2, 0.25) is 0 Å². The first kappa shape index (κ1) is 16.0. The molecular formula is C20H21F2N3O. The number of carbonyl (C=O) groups is 1. The van der Waals surface area contributed by atoms with Crippen LogP contribution in [-0.4, -0.2) is 21.4 Å². The Morgan fingerprint density at radius 3 is 2.38 bits per heavy atom. The molecule has 2 aromatic heterocycles. The van der Waals surface area contributed by atoms with E-state index in [0.29, 0.717) is 11.3 Å². The van der Waals surface area contributed by atoms with Crippen LogP contribution in [0, 0.1) is 29.6 Å². The summed E-state index contributed by atoms with van der Waals surface area (Å²) in [6.07, 6.45) is 8.75. The van der Waals surface area contributed by atoms with Gasteiger partial charge in [0.15, 0.2) is 0 Å². The van der Waals surface area contributed by atoms with Gasteiger partial charge in [0.25, 0.3) is 5.91 Å². The van der Waals surface area contributed by atoms with Crippen molar-refractivity contribution in [3.05, 3.63) is 42.0 Å². The molecule has 4 bridgehead atoms. The number of pyridine rings is 1. The topological polar surface area (TPSA) is 57.8 Å². The minimum Gasteiger partial charge on any atom is -0.357 e. The second-order valence-corrected chi connectivity index (χ2v) is 8.43. The summed E-state index contributed by atoms with van der Waals surface area (Å²) in [4.78, 5) is 18.9. The Morgan fingerprint density at radius 1 is 1.12 bits per heavy atom. The number of rotatable bonds is 3. The average molecular weight is 357 g/mol. The first-order valence-electron chi connectivity index (χ1n) is 9.33. The van der Waals surface area contributed by atoms with Crippen LogP contribution in [0.25, 0.3) is 11.1 Å². The fourth-order valence-corrected chi connectivity index (χ4v) is 5.88. The summed E-state index contributed by atoms with van der Waals surface area (Å²) in [5.41, 5.74) is 1.00. The lowest BCUT2D eigenvalue weighted by atomic mass is 9.53. The zero-order chi connectivity index (χ0) is 17.9. The summed E-state index contributed by atoms with van der Waals surface area (Å²) in [7, 11) is 0. The van der Waals surface area contributed by atoms with Crippen LogP contribution in [-0.2, 0) is 0 Å². The van der Waals surface area contributed by atoms with Gasteiger partial charge in [-0.1, -0.05) is 0 Å². The third-order valence-electron chi connectivity index (χ3n) is 6.47. The third kappa shape index (κ3) is 2.63. The molecule has 0 aliphatic heterocycles. The molecule has 4 saturated carbocycles. The first-order chi connectivity index (χ1) is 12.5. The molecule has 4 aliphatic carbocycles. The number of hydrogen-bond acceptors (Lipinski definition) is 2. The second kappa shape index (κ2) is 5.63. The predicted octanol–water partition coefficient (Wildman–Crippen LogP) is 4.05. The molecule has 0 saturated heterocycles. The Hall–Kier alpha value is -2.24. The van der Waals surface area contributed by atoms with E-state index in [9.17, 15) is 13.6 Å². The van der Waals surface area contributed by atoms with Crippen molar-refractivity contribution in [3.63, 3.8) is 0 Å². The molecule has 4 fully saturated rings. The smallest absolute Gasteiger partial charge is 0.268 e. The highest BCUT2D eigenvalue weighted by Crippen LogP contribution is 2.55. The number of carbonyl (C=O) groups excluding carboxylic acids is 1. The summed E-state index contributed by atoms with van der Waals surface area (Å²) >= 11 is 0. The Balaban J connectivity index is 1.36. The summed E-state index contributed by atoms with van der Waals surface area (Å²) < 4.78 is 26.9. The van der Waals surface area contributed by atoms with Gasteiger partial charge in [0.1, 0.15) is 5.69 Å². The molecule has 2 heterocycles. The highest BCUT2D eigenvalue weighted by Gasteiger charge is 2.51. The van der Waals surface area contributed by atoms with Crippen LogP contribution in [0.1, 0.15) is 49.0 Å². The van der Waals surface area contributed by atoms with E-state index in [2.05, 4.69) is 15.3 Å². The van der Waals surface area contributed by atoms with E-state index >= 15 is 0 Å². The standard InChI is InChI=1S/C20H21F2N3O/c21-17-2-1-15(18(22)24-17)14-6-16(23-10-14)19(26)25-20-7-11-3-12(8-20)5-13(4-11)9-20/h1-2,6,10-13,23H,3-5,7-9H2,(H,25,26). The van der Waals surface area contributed by atoms with Crippen molar-refractivity contribution in [3.8, 4) is 11.1 Å². The number of nitrogens with zero attached hydrogens (tertiary/aromatic N) is 1. The quantitative estimate of drug-likeness (QED) is 0.814. The lowest BCUT2D eigenvalue weighted by Crippen LogP contribution is -2.59. The van der Waals surface area contributed by atoms with Gasteiger partial charge in [-0.15, -0.1) is 0 Å². The molecule has 2 N–H and O–H groups in total. The van der Waals surface area contributed by atoms with Crippen LogP contribution < -0.4 is 5.32 Å². The van der Waals surface area contributed by atoms with Gasteiger partial charge in [-0.05, 0) is 74.5 Å². The van der Waals surface area contributed by atoms with Crippen molar-refractivity contribution in [1.82, 2.24) is 15.3 Å². The van der Waals surface area contributed by atoms with Gasteiger partial charge in [-0.2, -0.15) is 13.8 Å². The maximum Gasteiger partial charge on any atom is 0.268 e. The Morgan fingerprint density at radius 2 is 1.77 bits per heavy atom. The number of nitrogens with one attached hydrogen (secondary N) is 2. The Kier molecular flexibility index (Phi) is 3.46. The Bertz CT molecular complexity index is 840. The lowest BCUT2D eigenvalue weighted by molar-refractivity contribution is -0.0167. The van der Waals surface area contributed by atoms with Gasteiger partial charge in [0.05, 0.1) is 0 Å². The number of hydrogen-bond donors (Lipinski definition) is 2. The predicted molar refractivity (Wildman–Crippen MR) is 92.3 cm³/mol. The fourth-order valence-electron chi connectivity index (χ4n) is 5.88. The lowest BCUT2D eigenvalue weighted by Gasteiger charge is -2.56. The highest BCUT2D eigenvalue weighted by molar-refractivity contribution is 5.94. The molecule has 6 heteroatoms. The number of aromatic nitrogens is 2. The van der Waals surface area contributed by atoms with E-state index < -0.39 is 11.9 Å². The van der Waals surface area contributed by atoms with E-state index in [1.165, 1.54) is 25.3 Å². The fraction of sp³-hybridized carbons (Fsp3) is 0.500. The average Bonchev–Trinajstić information content (AvgIpc) is 3.03.